The van der Waals surface area contributed by atoms with E-state index in [1.54, 1.807) is 6.07 Å². The highest BCUT2D eigenvalue weighted by atomic mass is 35.5. The molecule has 0 bridgehead atoms. The Labute approximate surface area is 131 Å². The molecule has 6 nitrogen and oxygen atoms in total. The van der Waals surface area contributed by atoms with E-state index in [2.05, 4.69) is 0 Å². The molecule has 0 spiro atoms. The van der Waals surface area contributed by atoms with Gasteiger partial charge in [0, 0.05) is 7.11 Å². The number of rotatable bonds is 9. The second-order valence-electron chi connectivity index (χ2n) is 3.90. The molecule has 1 atom stereocenters. The number of aliphatic hydroxyl groups is 1. The Morgan fingerprint density at radius 3 is 2.19 bits per heavy atom. The van der Waals surface area contributed by atoms with Crippen molar-refractivity contribution in [3.05, 3.63) is 23.8 Å². The van der Waals surface area contributed by atoms with Crippen LogP contribution in [0.3, 0.4) is 0 Å². The SMILES string of the molecule is COC(CO)c1ccc(OCC(=O)Cl)c(OCC(=O)Cl)c1. The van der Waals surface area contributed by atoms with E-state index in [1.807, 2.05) is 0 Å². The van der Waals surface area contributed by atoms with Crippen LogP contribution in [0.5, 0.6) is 11.5 Å². The van der Waals surface area contributed by atoms with Gasteiger partial charge in [-0.2, -0.15) is 0 Å². The molecule has 21 heavy (non-hydrogen) atoms. The molecule has 8 heteroatoms. The van der Waals surface area contributed by atoms with E-state index in [4.69, 9.17) is 37.4 Å². The summed E-state index contributed by atoms with van der Waals surface area (Å²) in [6.07, 6.45) is -0.553. The maximum absolute atomic E-state index is 10.8. The van der Waals surface area contributed by atoms with Crippen molar-refractivity contribution in [2.75, 3.05) is 26.9 Å². The summed E-state index contributed by atoms with van der Waals surface area (Å²) >= 11 is 10.4. The zero-order valence-electron chi connectivity index (χ0n) is 11.2. The Bertz CT molecular complexity index is 501. The highest BCUT2D eigenvalue weighted by Crippen LogP contribution is 2.31. The summed E-state index contributed by atoms with van der Waals surface area (Å²) in [7, 11) is 1.44. The average molecular weight is 337 g/mol. The van der Waals surface area contributed by atoms with Gasteiger partial charge >= 0.3 is 0 Å². The van der Waals surface area contributed by atoms with Crippen LogP contribution in [0.1, 0.15) is 11.7 Å². The maximum Gasteiger partial charge on any atom is 0.259 e. The van der Waals surface area contributed by atoms with Crippen LogP contribution in [-0.4, -0.2) is 42.5 Å². The van der Waals surface area contributed by atoms with Crippen LogP contribution >= 0.6 is 23.2 Å². The van der Waals surface area contributed by atoms with Gasteiger partial charge in [-0.15, -0.1) is 0 Å². The van der Waals surface area contributed by atoms with Crippen LogP contribution in [0.25, 0.3) is 0 Å². The van der Waals surface area contributed by atoms with Crippen molar-refractivity contribution < 1.29 is 28.9 Å². The molecule has 1 aromatic rings. The minimum absolute atomic E-state index is 0.190. The van der Waals surface area contributed by atoms with Crippen molar-refractivity contribution in [3.8, 4) is 11.5 Å². The highest BCUT2D eigenvalue weighted by Gasteiger charge is 2.15. The molecule has 1 N–H and O–H groups in total. The average Bonchev–Trinajstić information content (AvgIpc) is 2.45. The summed E-state index contributed by atoms with van der Waals surface area (Å²) < 4.78 is 15.5. The fraction of sp³-hybridized carbons (Fsp3) is 0.385. The molecule has 0 aliphatic heterocycles. The van der Waals surface area contributed by atoms with Crippen LogP contribution in [0.15, 0.2) is 18.2 Å². The van der Waals surface area contributed by atoms with Crippen LogP contribution in [0.2, 0.25) is 0 Å². The maximum atomic E-state index is 10.8. The van der Waals surface area contributed by atoms with E-state index in [0.717, 1.165) is 0 Å². The normalized spacial score (nSPS) is 11.8. The van der Waals surface area contributed by atoms with Crippen LogP contribution in [0, 0.1) is 0 Å². The summed E-state index contributed by atoms with van der Waals surface area (Å²) in [6, 6.07) is 4.68. The van der Waals surface area contributed by atoms with Crippen molar-refractivity contribution in [2.45, 2.75) is 6.10 Å². The van der Waals surface area contributed by atoms with Crippen molar-refractivity contribution in [1.82, 2.24) is 0 Å². The zero-order valence-corrected chi connectivity index (χ0v) is 12.7. The molecule has 0 fully saturated rings. The fourth-order valence-electron chi connectivity index (χ4n) is 1.54. The molecule has 116 valence electrons. The van der Waals surface area contributed by atoms with E-state index in [1.165, 1.54) is 19.2 Å². The summed E-state index contributed by atoms with van der Waals surface area (Å²) in [5.41, 5.74) is 0.613. The highest BCUT2D eigenvalue weighted by molar-refractivity contribution is 6.64. The molecule has 0 radical (unpaired) electrons. The second kappa shape index (κ2) is 8.84. The van der Waals surface area contributed by atoms with Crippen LogP contribution < -0.4 is 9.47 Å². The lowest BCUT2D eigenvalue weighted by Crippen LogP contribution is -2.11. The van der Waals surface area contributed by atoms with Gasteiger partial charge in [0.05, 0.1) is 6.61 Å². The first kappa shape index (κ1) is 17.7. The van der Waals surface area contributed by atoms with Gasteiger partial charge in [0.25, 0.3) is 10.5 Å². The molecular formula is C13H14Cl2O6. The topological polar surface area (TPSA) is 82.1 Å². The number of methoxy groups -OCH3 is 1. The van der Waals surface area contributed by atoms with Gasteiger partial charge in [-0.1, -0.05) is 6.07 Å². The Hall–Kier alpha value is -1.34. The van der Waals surface area contributed by atoms with Gasteiger partial charge in [0.2, 0.25) is 0 Å². The molecule has 0 saturated heterocycles. The molecule has 0 aliphatic rings. The van der Waals surface area contributed by atoms with Crippen molar-refractivity contribution in [2.24, 2.45) is 0 Å². The molecule has 1 rings (SSSR count). The van der Waals surface area contributed by atoms with Crippen molar-refractivity contribution in [3.63, 3.8) is 0 Å². The molecule has 0 aromatic heterocycles. The van der Waals surface area contributed by atoms with E-state index < -0.39 is 16.6 Å². The fourth-order valence-corrected chi connectivity index (χ4v) is 1.65. The Balaban J connectivity index is 3.00. The Kier molecular flexibility index (Phi) is 7.45. The summed E-state index contributed by atoms with van der Waals surface area (Å²) in [5.74, 6) is 0.411. The standard InChI is InChI=1S/C13H14Cl2O6/c1-19-11(5-16)8-2-3-9(20-6-12(14)17)10(4-8)21-7-13(15)18/h2-4,11,16H,5-7H2,1H3. The number of aliphatic hydroxyl groups excluding tert-OH is 1. The number of hydrogen-bond donors (Lipinski definition) is 1. The van der Waals surface area contributed by atoms with E-state index in [-0.39, 0.29) is 31.3 Å². The van der Waals surface area contributed by atoms with Crippen LogP contribution in [-0.2, 0) is 14.3 Å². The van der Waals surface area contributed by atoms with Gasteiger partial charge in [-0.25, -0.2) is 0 Å². The Morgan fingerprint density at radius 2 is 1.71 bits per heavy atom. The number of carbonyl (C=O) groups is 2. The molecule has 0 saturated carbocycles. The summed E-state index contributed by atoms with van der Waals surface area (Å²) in [4.78, 5) is 21.5. The first-order chi connectivity index (χ1) is 9.97. The number of benzene rings is 1. The lowest BCUT2D eigenvalue weighted by molar-refractivity contribution is -0.114. The molecule has 1 unspecified atom stereocenters. The van der Waals surface area contributed by atoms with Gasteiger partial charge in [-0.05, 0) is 40.9 Å². The van der Waals surface area contributed by atoms with Crippen molar-refractivity contribution >= 4 is 33.7 Å². The van der Waals surface area contributed by atoms with E-state index in [9.17, 15) is 14.7 Å². The second-order valence-corrected chi connectivity index (χ2v) is 4.74. The third-order valence-corrected chi connectivity index (χ3v) is 2.69. The Morgan fingerprint density at radius 1 is 1.14 bits per heavy atom. The molecule has 0 aliphatic carbocycles. The molecule has 1 aromatic carbocycles. The minimum Gasteiger partial charge on any atom is -0.481 e. The van der Waals surface area contributed by atoms with Crippen LogP contribution in [0.4, 0.5) is 0 Å². The largest absolute Gasteiger partial charge is 0.481 e. The third-order valence-electron chi connectivity index (χ3n) is 2.47. The van der Waals surface area contributed by atoms with E-state index in [0.29, 0.717) is 5.56 Å². The zero-order chi connectivity index (χ0) is 15.8. The molecule has 0 amide bonds. The number of ether oxygens (including phenoxy) is 3. The first-order valence-electron chi connectivity index (χ1n) is 5.87. The van der Waals surface area contributed by atoms with Gasteiger partial charge in [-0.3, -0.25) is 9.59 Å². The number of carbonyl (C=O) groups excluding carboxylic acids is 2. The van der Waals surface area contributed by atoms with Crippen molar-refractivity contribution in [1.29, 1.82) is 0 Å². The number of halogens is 2. The predicted octanol–water partition coefficient (Wildman–Crippen LogP) is 1.65. The minimum atomic E-state index is -0.690. The first-order valence-corrected chi connectivity index (χ1v) is 6.63. The predicted molar refractivity (Wildman–Crippen MR) is 76.0 cm³/mol. The quantitative estimate of drug-likeness (QED) is 0.690. The summed E-state index contributed by atoms with van der Waals surface area (Å²) in [6.45, 7) is -0.947. The third kappa shape index (κ3) is 5.89. The lowest BCUT2D eigenvalue weighted by atomic mass is 10.1. The lowest BCUT2D eigenvalue weighted by Gasteiger charge is -2.16. The molecular weight excluding hydrogens is 323 g/mol. The van der Waals surface area contributed by atoms with Gasteiger partial charge < -0.3 is 19.3 Å². The number of hydrogen-bond acceptors (Lipinski definition) is 6. The summed E-state index contributed by atoms with van der Waals surface area (Å²) in [5, 5.41) is 7.83. The van der Waals surface area contributed by atoms with Gasteiger partial charge in [0.15, 0.2) is 24.7 Å². The molecule has 0 heterocycles. The monoisotopic (exact) mass is 336 g/mol. The van der Waals surface area contributed by atoms with E-state index >= 15 is 0 Å². The smallest absolute Gasteiger partial charge is 0.259 e. The van der Waals surface area contributed by atoms with Gasteiger partial charge in [0.1, 0.15) is 6.10 Å².